The van der Waals surface area contributed by atoms with Gasteiger partial charge < -0.3 is 14.1 Å². The number of aromatic nitrogens is 2. The summed E-state index contributed by atoms with van der Waals surface area (Å²) < 4.78 is 24.4. The van der Waals surface area contributed by atoms with Crippen LogP contribution in [0.25, 0.3) is 0 Å². The molecule has 1 aromatic carbocycles. The van der Waals surface area contributed by atoms with Crippen LogP contribution in [0.5, 0.6) is 5.88 Å². The molecule has 0 radical (unpaired) electrons. The summed E-state index contributed by atoms with van der Waals surface area (Å²) in [5.74, 6) is 1.25. The molecule has 4 rings (SSSR count). The molecule has 0 bridgehead atoms. The number of likely N-dealkylation sites (tertiary alicyclic amines) is 1. The van der Waals surface area contributed by atoms with E-state index < -0.39 is 0 Å². The minimum Gasteiger partial charge on any atom is -0.481 e. The number of carbonyl (C=O) groups excluding carboxylic acids is 1. The molecule has 0 aliphatic carbocycles. The number of piperidine rings is 1. The zero-order valence-corrected chi connectivity index (χ0v) is 16.2. The molecule has 1 aliphatic heterocycles. The van der Waals surface area contributed by atoms with E-state index in [1.165, 1.54) is 25.4 Å². The van der Waals surface area contributed by atoms with Crippen LogP contribution in [-0.4, -0.2) is 34.4 Å². The number of ether oxygens (including phenoxy) is 1. The number of pyridine rings is 1. The largest absolute Gasteiger partial charge is 0.481 e. The molecule has 0 unspecified atom stereocenters. The van der Waals surface area contributed by atoms with Gasteiger partial charge in [0, 0.05) is 25.2 Å². The fraction of sp³-hybridized carbons (Fsp3) is 0.318. The van der Waals surface area contributed by atoms with Crippen molar-refractivity contribution in [3.05, 3.63) is 77.4 Å². The Balaban J connectivity index is 1.52. The minimum atomic E-state index is -0.278. The van der Waals surface area contributed by atoms with Crippen LogP contribution in [0.3, 0.4) is 0 Å². The number of rotatable bonds is 5. The molecule has 3 heterocycles. The molecule has 1 fully saturated rings. The van der Waals surface area contributed by atoms with E-state index in [-0.39, 0.29) is 17.8 Å². The SMILES string of the molecule is COc1ccc(C(=O)N2CCCC[C@@H]2c2ncc(Cc3cccc(F)c3)o2)cn1. The lowest BCUT2D eigenvalue weighted by Gasteiger charge is -2.33. The van der Waals surface area contributed by atoms with Gasteiger partial charge in [0.1, 0.15) is 17.6 Å². The van der Waals surface area contributed by atoms with Crippen molar-refractivity contribution < 1.29 is 18.3 Å². The smallest absolute Gasteiger partial charge is 0.256 e. The Bertz CT molecular complexity index is 987. The summed E-state index contributed by atoms with van der Waals surface area (Å²) in [5, 5.41) is 0. The lowest BCUT2D eigenvalue weighted by atomic mass is 10.0. The average molecular weight is 395 g/mol. The third-order valence-electron chi connectivity index (χ3n) is 5.08. The van der Waals surface area contributed by atoms with E-state index in [9.17, 15) is 9.18 Å². The Morgan fingerprint density at radius 1 is 1.24 bits per heavy atom. The number of carbonyl (C=O) groups is 1. The molecule has 0 saturated carbocycles. The van der Waals surface area contributed by atoms with Crippen LogP contribution in [0.15, 0.2) is 53.2 Å². The molecule has 1 amide bonds. The molecule has 1 atom stereocenters. The fourth-order valence-corrected chi connectivity index (χ4v) is 3.63. The summed E-state index contributed by atoms with van der Waals surface area (Å²) in [6, 6.07) is 9.58. The van der Waals surface area contributed by atoms with Crippen LogP contribution >= 0.6 is 0 Å². The second kappa shape index (κ2) is 8.43. The highest BCUT2D eigenvalue weighted by Gasteiger charge is 2.32. The highest BCUT2D eigenvalue weighted by atomic mass is 19.1. The molecule has 1 aliphatic rings. The van der Waals surface area contributed by atoms with Crippen molar-refractivity contribution >= 4 is 5.91 Å². The highest BCUT2D eigenvalue weighted by Crippen LogP contribution is 2.32. The van der Waals surface area contributed by atoms with Gasteiger partial charge in [-0.3, -0.25) is 4.79 Å². The summed E-state index contributed by atoms with van der Waals surface area (Å²) in [7, 11) is 1.54. The van der Waals surface area contributed by atoms with E-state index in [0.29, 0.717) is 36.1 Å². The summed E-state index contributed by atoms with van der Waals surface area (Å²) in [6.45, 7) is 0.636. The highest BCUT2D eigenvalue weighted by molar-refractivity contribution is 5.94. The molecule has 0 N–H and O–H groups in total. The second-order valence-electron chi connectivity index (χ2n) is 7.07. The van der Waals surface area contributed by atoms with Crippen LogP contribution < -0.4 is 4.74 Å². The van der Waals surface area contributed by atoms with E-state index in [0.717, 1.165) is 24.8 Å². The molecular formula is C22H22FN3O3. The van der Waals surface area contributed by atoms with Gasteiger partial charge in [0.05, 0.1) is 18.9 Å². The molecular weight excluding hydrogens is 373 g/mol. The van der Waals surface area contributed by atoms with Crippen molar-refractivity contribution in [3.63, 3.8) is 0 Å². The first kappa shape index (κ1) is 19.1. The summed E-state index contributed by atoms with van der Waals surface area (Å²) in [6.07, 6.45) is 6.35. The molecule has 7 heteroatoms. The van der Waals surface area contributed by atoms with Crippen molar-refractivity contribution in [3.8, 4) is 5.88 Å². The van der Waals surface area contributed by atoms with Crippen LogP contribution in [-0.2, 0) is 6.42 Å². The quantitative estimate of drug-likeness (QED) is 0.648. The number of benzene rings is 1. The third-order valence-corrected chi connectivity index (χ3v) is 5.08. The zero-order valence-electron chi connectivity index (χ0n) is 16.2. The number of hydrogen-bond donors (Lipinski definition) is 0. The lowest BCUT2D eigenvalue weighted by Crippen LogP contribution is -2.38. The van der Waals surface area contributed by atoms with Crippen molar-refractivity contribution in [2.24, 2.45) is 0 Å². The fourth-order valence-electron chi connectivity index (χ4n) is 3.63. The predicted octanol–water partition coefficient (Wildman–Crippen LogP) is 4.18. The van der Waals surface area contributed by atoms with Crippen molar-refractivity contribution in [2.45, 2.75) is 31.7 Å². The van der Waals surface area contributed by atoms with E-state index >= 15 is 0 Å². The van der Waals surface area contributed by atoms with Gasteiger partial charge in [0.15, 0.2) is 0 Å². The number of halogens is 1. The Morgan fingerprint density at radius 2 is 2.14 bits per heavy atom. The van der Waals surface area contributed by atoms with Crippen molar-refractivity contribution in [2.75, 3.05) is 13.7 Å². The maximum Gasteiger partial charge on any atom is 0.256 e. The van der Waals surface area contributed by atoms with Crippen LogP contribution in [0.4, 0.5) is 4.39 Å². The second-order valence-corrected chi connectivity index (χ2v) is 7.07. The minimum absolute atomic E-state index is 0.102. The van der Waals surface area contributed by atoms with Gasteiger partial charge in [-0.25, -0.2) is 14.4 Å². The van der Waals surface area contributed by atoms with Gasteiger partial charge in [-0.1, -0.05) is 12.1 Å². The van der Waals surface area contributed by atoms with Crippen LogP contribution in [0.2, 0.25) is 0 Å². The van der Waals surface area contributed by atoms with Gasteiger partial charge in [0.25, 0.3) is 5.91 Å². The number of amides is 1. The molecule has 6 nitrogen and oxygen atoms in total. The van der Waals surface area contributed by atoms with Crippen LogP contribution in [0.1, 0.15) is 52.9 Å². The monoisotopic (exact) mass is 395 g/mol. The van der Waals surface area contributed by atoms with Gasteiger partial charge in [-0.05, 0) is 43.0 Å². The number of hydrogen-bond acceptors (Lipinski definition) is 5. The van der Waals surface area contributed by atoms with E-state index in [4.69, 9.17) is 9.15 Å². The first-order chi connectivity index (χ1) is 14.1. The Hall–Kier alpha value is -3.22. The van der Waals surface area contributed by atoms with Gasteiger partial charge >= 0.3 is 0 Å². The van der Waals surface area contributed by atoms with Gasteiger partial charge in [-0.15, -0.1) is 0 Å². The summed E-state index contributed by atoms with van der Waals surface area (Å²) in [5.41, 5.74) is 1.32. The molecule has 3 aromatic rings. The topological polar surface area (TPSA) is 68.5 Å². The molecule has 1 saturated heterocycles. The first-order valence-electron chi connectivity index (χ1n) is 9.64. The zero-order chi connectivity index (χ0) is 20.2. The van der Waals surface area contributed by atoms with Gasteiger partial charge in [0.2, 0.25) is 11.8 Å². The number of methoxy groups -OCH3 is 1. The Morgan fingerprint density at radius 3 is 2.90 bits per heavy atom. The Labute approximate surface area is 168 Å². The molecule has 150 valence electrons. The average Bonchev–Trinajstić information content (AvgIpc) is 3.21. The lowest BCUT2D eigenvalue weighted by molar-refractivity contribution is 0.0569. The molecule has 29 heavy (non-hydrogen) atoms. The number of oxazole rings is 1. The van der Waals surface area contributed by atoms with E-state index in [2.05, 4.69) is 9.97 Å². The van der Waals surface area contributed by atoms with E-state index in [1.807, 2.05) is 6.07 Å². The third kappa shape index (κ3) is 4.29. The molecule has 0 spiro atoms. The van der Waals surface area contributed by atoms with Crippen LogP contribution in [0, 0.1) is 5.82 Å². The maximum atomic E-state index is 13.4. The van der Waals surface area contributed by atoms with Gasteiger partial charge in [-0.2, -0.15) is 0 Å². The van der Waals surface area contributed by atoms with E-state index in [1.54, 1.807) is 29.3 Å². The predicted molar refractivity (Wildman–Crippen MR) is 104 cm³/mol. The maximum absolute atomic E-state index is 13.4. The standard InChI is InChI=1S/C22H22FN3O3/c1-28-20-9-8-16(13-24-20)22(27)26-10-3-2-7-19(26)21-25-14-18(29-21)12-15-5-4-6-17(23)11-15/h4-6,8-9,11,13-14,19H,2-3,7,10,12H2,1H3/t19-/m1/s1. The first-order valence-corrected chi connectivity index (χ1v) is 9.64. The summed E-state index contributed by atoms with van der Waals surface area (Å²) in [4.78, 5) is 23.4. The number of nitrogens with zero attached hydrogens (tertiary/aromatic N) is 3. The molecule has 2 aromatic heterocycles. The Kier molecular flexibility index (Phi) is 5.55. The summed E-state index contributed by atoms with van der Waals surface area (Å²) >= 11 is 0. The van der Waals surface area contributed by atoms with Crippen molar-refractivity contribution in [1.29, 1.82) is 0 Å². The normalized spacial score (nSPS) is 16.6. The van der Waals surface area contributed by atoms with Crippen molar-refractivity contribution in [1.82, 2.24) is 14.9 Å².